The topological polar surface area (TPSA) is 63.1 Å². The van der Waals surface area contributed by atoms with Gasteiger partial charge in [-0.15, -0.1) is 0 Å². The summed E-state index contributed by atoms with van der Waals surface area (Å²) in [4.78, 5) is 19.7. The van der Waals surface area contributed by atoms with Crippen LogP contribution in [0.15, 0.2) is 41.4 Å². The second kappa shape index (κ2) is 6.52. The highest BCUT2D eigenvalue weighted by Gasteiger charge is 2.11. The van der Waals surface area contributed by atoms with E-state index in [9.17, 15) is 4.79 Å². The Kier molecular flexibility index (Phi) is 4.74. The van der Waals surface area contributed by atoms with Crippen molar-refractivity contribution in [3.63, 3.8) is 0 Å². The molecule has 1 aromatic heterocycles. The number of benzene rings is 1. The van der Waals surface area contributed by atoms with Gasteiger partial charge in [0, 0.05) is 11.5 Å². The highest BCUT2D eigenvalue weighted by molar-refractivity contribution is 7.99. The number of hydrogen-bond donors (Lipinski definition) is 1. The van der Waals surface area contributed by atoms with Crippen molar-refractivity contribution in [2.24, 2.45) is 0 Å². The van der Waals surface area contributed by atoms with Crippen LogP contribution < -0.4 is 0 Å². The molecule has 0 spiro atoms. The van der Waals surface area contributed by atoms with Crippen LogP contribution >= 0.6 is 11.8 Å². The van der Waals surface area contributed by atoms with E-state index in [0.29, 0.717) is 5.03 Å². The Labute approximate surface area is 122 Å². The predicted molar refractivity (Wildman–Crippen MR) is 79.9 cm³/mol. The van der Waals surface area contributed by atoms with Crippen molar-refractivity contribution in [2.45, 2.75) is 24.8 Å². The largest absolute Gasteiger partial charge is 0.481 e. The van der Waals surface area contributed by atoms with Gasteiger partial charge in [0.1, 0.15) is 10.9 Å². The summed E-state index contributed by atoms with van der Waals surface area (Å²) in [5.74, 6) is 0.0889. The SMILES string of the molecule is CC(C)c1nc(SCC(=O)O)cc(-c2ccccc2)n1. The number of aliphatic carboxylic acids is 1. The summed E-state index contributed by atoms with van der Waals surface area (Å²) >= 11 is 1.22. The second-order valence-corrected chi connectivity index (χ2v) is 5.65. The Balaban J connectivity index is 2.38. The molecule has 1 heterocycles. The smallest absolute Gasteiger partial charge is 0.313 e. The Bertz CT molecular complexity index is 600. The van der Waals surface area contributed by atoms with Crippen LogP contribution in [0.1, 0.15) is 25.6 Å². The lowest BCUT2D eigenvalue weighted by Gasteiger charge is -2.09. The fourth-order valence-corrected chi connectivity index (χ4v) is 2.29. The van der Waals surface area contributed by atoms with Gasteiger partial charge in [0.15, 0.2) is 0 Å². The molecule has 0 bridgehead atoms. The molecule has 0 saturated carbocycles. The van der Waals surface area contributed by atoms with Crippen LogP contribution in [0.2, 0.25) is 0 Å². The van der Waals surface area contributed by atoms with Crippen molar-refractivity contribution in [3.05, 3.63) is 42.2 Å². The lowest BCUT2D eigenvalue weighted by molar-refractivity contribution is -0.133. The zero-order chi connectivity index (χ0) is 14.5. The molecule has 4 nitrogen and oxygen atoms in total. The van der Waals surface area contributed by atoms with Crippen molar-refractivity contribution in [2.75, 3.05) is 5.75 Å². The van der Waals surface area contributed by atoms with Crippen molar-refractivity contribution < 1.29 is 9.90 Å². The molecule has 104 valence electrons. The molecule has 0 aliphatic rings. The predicted octanol–water partition coefficient (Wildman–Crippen LogP) is 3.44. The van der Waals surface area contributed by atoms with Gasteiger partial charge in [-0.1, -0.05) is 55.9 Å². The molecular formula is C15H16N2O2S. The van der Waals surface area contributed by atoms with Gasteiger partial charge in [0.05, 0.1) is 11.4 Å². The third kappa shape index (κ3) is 3.81. The number of carbonyl (C=O) groups is 1. The maximum atomic E-state index is 10.7. The monoisotopic (exact) mass is 288 g/mol. The minimum atomic E-state index is -0.846. The summed E-state index contributed by atoms with van der Waals surface area (Å²) in [5.41, 5.74) is 1.84. The molecule has 0 aliphatic carbocycles. The summed E-state index contributed by atoms with van der Waals surface area (Å²) < 4.78 is 0. The van der Waals surface area contributed by atoms with Gasteiger partial charge in [-0.05, 0) is 6.07 Å². The van der Waals surface area contributed by atoms with E-state index in [0.717, 1.165) is 17.1 Å². The first-order chi connectivity index (χ1) is 9.56. The van der Waals surface area contributed by atoms with Crippen molar-refractivity contribution in [1.29, 1.82) is 0 Å². The average molecular weight is 288 g/mol. The van der Waals surface area contributed by atoms with Gasteiger partial charge < -0.3 is 5.11 Å². The molecule has 0 unspecified atom stereocenters. The molecule has 0 radical (unpaired) electrons. The fraction of sp³-hybridized carbons (Fsp3) is 0.267. The molecule has 0 fully saturated rings. The third-order valence-electron chi connectivity index (χ3n) is 2.65. The number of carboxylic acid groups (broad SMARTS) is 1. The van der Waals surface area contributed by atoms with E-state index in [-0.39, 0.29) is 11.7 Å². The lowest BCUT2D eigenvalue weighted by Crippen LogP contribution is -2.03. The number of nitrogens with zero attached hydrogens (tertiary/aromatic N) is 2. The molecule has 2 rings (SSSR count). The Morgan fingerprint density at radius 2 is 1.95 bits per heavy atom. The summed E-state index contributed by atoms with van der Waals surface area (Å²) in [6.45, 7) is 4.05. The van der Waals surface area contributed by atoms with Gasteiger partial charge in [-0.2, -0.15) is 0 Å². The Morgan fingerprint density at radius 3 is 2.55 bits per heavy atom. The third-order valence-corrected chi connectivity index (χ3v) is 3.55. The van der Waals surface area contributed by atoms with E-state index in [2.05, 4.69) is 9.97 Å². The van der Waals surface area contributed by atoms with Gasteiger partial charge in [-0.3, -0.25) is 4.79 Å². The van der Waals surface area contributed by atoms with E-state index < -0.39 is 5.97 Å². The van der Waals surface area contributed by atoms with Gasteiger partial charge in [-0.25, -0.2) is 9.97 Å². The summed E-state index contributed by atoms with van der Waals surface area (Å²) in [6, 6.07) is 11.7. The molecule has 1 aromatic carbocycles. The molecule has 2 aromatic rings. The van der Waals surface area contributed by atoms with Crippen LogP contribution in [-0.4, -0.2) is 26.8 Å². The number of aromatic nitrogens is 2. The van der Waals surface area contributed by atoms with Crippen LogP contribution in [0.25, 0.3) is 11.3 Å². The molecular weight excluding hydrogens is 272 g/mol. The summed E-state index contributed by atoms with van der Waals surface area (Å²) in [5, 5.41) is 9.47. The summed E-state index contributed by atoms with van der Waals surface area (Å²) in [7, 11) is 0. The lowest BCUT2D eigenvalue weighted by atomic mass is 10.1. The standard InChI is InChI=1S/C15H16N2O2S/c1-10(2)15-16-12(11-6-4-3-5-7-11)8-13(17-15)20-9-14(18)19/h3-8,10H,9H2,1-2H3,(H,18,19). The number of hydrogen-bond acceptors (Lipinski definition) is 4. The van der Waals surface area contributed by atoms with E-state index >= 15 is 0 Å². The quantitative estimate of drug-likeness (QED) is 0.674. The van der Waals surface area contributed by atoms with Crippen LogP contribution in [-0.2, 0) is 4.79 Å². The molecule has 0 atom stereocenters. The van der Waals surface area contributed by atoms with E-state index in [1.165, 1.54) is 11.8 Å². The second-order valence-electron chi connectivity index (χ2n) is 4.65. The first kappa shape index (κ1) is 14.5. The van der Waals surface area contributed by atoms with Crippen LogP contribution in [0.4, 0.5) is 0 Å². The van der Waals surface area contributed by atoms with Crippen molar-refractivity contribution in [3.8, 4) is 11.3 Å². The zero-order valence-electron chi connectivity index (χ0n) is 11.4. The maximum absolute atomic E-state index is 10.7. The number of carboxylic acids is 1. The minimum Gasteiger partial charge on any atom is -0.481 e. The van der Waals surface area contributed by atoms with Gasteiger partial charge in [0.2, 0.25) is 0 Å². The fourth-order valence-electron chi connectivity index (χ4n) is 1.67. The highest BCUT2D eigenvalue weighted by atomic mass is 32.2. The molecule has 5 heteroatoms. The van der Waals surface area contributed by atoms with Crippen molar-refractivity contribution >= 4 is 17.7 Å². The van der Waals surface area contributed by atoms with Crippen LogP contribution in [0.5, 0.6) is 0 Å². The first-order valence-electron chi connectivity index (χ1n) is 6.35. The van der Waals surface area contributed by atoms with Gasteiger partial charge >= 0.3 is 5.97 Å². The molecule has 0 aliphatic heterocycles. The Morgan fingerprint density at radius 1 is 1.25 bits per heavy atom. The minimum absolute atomic E-state index is 0.00276. The average Bonchev–Trinajstić information content (AvgIpc) is 2.45. The molecule has 0 saturated heterocycles. The number of thioether (sulfide) groups is 1. The molecule has 0 amide bonds. The zero-order valence-corrected chi connectivity index (χ0v) is 12.2. The maximum Gasteiger partial charge on any atom is 0.313 e. The molecule has 20 heavy (non-hydrogen) atoms. The van der Waals surface area contributed by atoms with E-state index in [1.54, 1.807) is 0 Å². The highest BCUT2D eigenvalue weighted by Crippen LogP contribution is 2.25. The van der Waals surface area contributed by atoms with Crippen molar-refractivity contribution in [1.82, 2.24) is 9.97 Å². The number of rotatable bonds is 5. The normalized spacial score (nSPS) is 10.8. The van der Waals surface area contributed by atoms with Gasteiger partial charge in [0.25, 0.3) is 0 Å². The van der Waals surface area contributed by atoms with Crippen LogP contribution in [0.3, 0.4) is 0 Å². The van der Waals surface area contributed by atoms with E-state index in [1.807, 2.05) is 50.2 Å². The molecule has 1 N–H and O–H groups in total. The Hall–Kier alpha value is -1.88. The van der Waals surface area contributed by atoms with Crippen LogP contribution in [0, 0.1) is 0 Å². The van der Waals surface area contributed by atoms with E-state index in [4.69, 9.17) is 5.11 Å². The summed E-state index contributed by atoms with van der Waals surface area (Å²) in [6.07, 6.45) is 0. The first-order valence-corrected chi connectivity index (χ1v) is 7.34.